The number of fused-ring (bicyclic) bond motifs is 3. The number of pyridine rings is 1. The first-order valence-electron chi connectivity index (χ1n) is 8.83. The van der Waals surface area contributed by atoms with E-state index in [4.69, 9.17) is 16.6 Å². The number of guanidine groups is 1. The normalized spacial score (nSPS) is 25.4. The average Bonchev–Trinajstić information content (AvgIpc) is 2.62. The number of rotatable bonds is 6. The van der Waals surface area contributed by atoms with Gasteiger partial charge in [0.2, 0.25) is 0 Å². The molecule has 0 amide bonds. The van der Waals surface area contributed by atoms with Crippen molar-refractivity contribution in [3.63, 3.8) is 0 Å². The predicted molar refractivity (Wildman–Crippen MR) is 114 cm³/mol. The molecule has 3 saturated heterocycles. The summed E-state index contributed by atoms with van der Waals surface area (Å²) in [6.07, 6.45) is 2.73. The van der Waals surface area contributed by atoms with Gasteiger partial charge in [-0.05, 0) is 25.0 Å². The van der Waals surface area contributed by atoms with E-state index in [1.807, 2.05) is 18.3 Å². The lowest BCUT2D eigenvalue weighted by molar-refractivity contribution is 0.0174. The zero-order valence-corrected chi connectivity index (χ0v) is 17.8. The molecule has 2 N–H and O–H groups in total. The van der Waals surface area contributed by atoms with E-state index in [2.05, 4.69) is 32.3 Å². The Morgan fingerprint density at radius 2 is 2.08 bits per heavy atom. The third kappa shape index (κ3) is 6.23. The van der Waals surface area contributed by atoms with Crippen LogP contribution in [-0.4, -0.2) is 79.1 Å². The van der Waals surface area contributed by atoms with Crippen LogP contribution in [0, 0.1) is 0 Å². The summed E-state index contributed by atoms with van der Waals surface area (Å²) >= 11 is 5.82. The highest BCUT2D eigenvalue weighted by molar-refractivity contribution is 14.0. The number of hydrogen-bond acceptors (Lipinski definition) is 4. The molecule has 0 saturated carbocycles. The molecule has 1 aromatic rings. The number of hydrogen-bond donors (Lipinski definition) is 2. The number of nitrogens with one attached hydrogen (secondary N) is 2. The van der Waals surface area contributed by atoms with Gasteiger partial charge in [0.15, 0.2) is 5.96 Å². The fraction of sp³-hybridized carbons (Fsp3) is 0.647. The van der Waals surface area contributed by atoms with Gasteiger partial charge in [0.1, 0.15) is 5.15 Å². The zero-order chi connectivity index (χ0) is 16.8. The monoisotopic (exact) mass is 478 g/mol. The second kappa shape index (κ2) is 10.5. The number of aromatic nitrogens is 1. The van der Waals surface area contributed by atoms with Crippen LogP contribution in [0.2, 0.25) is 5.15 Å². The molecule has 1 unspecified atom stereocenters. The topological polar surface area (TPSA) is 55.8 Å². The van der Waals surface area contributed by atoms with Gasteiger partial charge in [0.05, 0.1) is 6.54 Å². The van der Waals surface area contributed by atoms with E-state index in [1.54, 1.807) is 0 Å². The Labute approximate surface area is 172 Å². The highest BCUT2D eigenvalue weighted by Gasteiger charge is 2.31. The molecule has 1 aromatic heterocycles. The van der Waals surface area contributed by atoms with Gasteiger partial charge < -0.3 is 10.6 Å². The molecule has 2 bridgehead atoms. The van der Waals surface area contributed by atoms with Crippen LogP contribution in [-0.2, 0) is 6.42 Å². The van der Waals surface area contributed by atoms with E-state index in [0.717, 1.165) is 38.6 Å². The minimum absolute atomic E-state index is 0. The average molecular weight is 479 g/mol. The molecule has 3 aliphatic heterocycles. The van der Waals surface area contributed by atoms with Gasteiger partial charge in [-0.3, -0.25) is 14.8 Å². The van der Waals surface area contributed by atoms with Gasteiger partial charge in [-0.15, -0.1) is 24.0 Å². The first-order valence-corrected chi connectivity index (χ1v) is 9.21. The lowest BCUT2D eigenvalue weighted by atomic mass is 10.1. The van der Waals surface area contributed by atoms with Gasteiger partial charge in [-0.25, -0.2) is 4.98 Å². The molecule has 0 spiro atoms. The lowest BCUT2D eigenvalue weighted by Gasteiger charge is -2.47. The van der Waals surface area contributed by atoms with Crippen molar-refractivity contribution in [2.24, 2.45) is 4.99 Å². The number of piperazine rings is 3. The van der Waals surface area contributed by atoms with E-state index in [9.17, 15) is 0 Å². The molecular weight excluding hydrogens is 451 g/mol. The summed E-state index contributed by atoms with van der Waals surface area (Å²) in [5.74, 6) is 0.900. The van der Waals surface area contributed by atoms with Crippen molar-refractivity contribution in [1.82, 2.24) is 25.4 Å². The van der Waals surface area contributed by atoms with Crippen LogP contribution in [0.25, 0.3) is 0 Å². The summed E-state index contributed by atoms with van der Waals surface area (Å²) in [4.78, 5) is 14.0. The van der Waals surface area contributed by atoms with Crippen molar-refractivity contribution in [3.05, 3.63) is 29.0 Å². The molecule has 140 valence electrons. The number of halogens is 2. The molecule has 8 heteroatoms. The van der Waals surface area contributed by atoms with Gasteiger partial charge in [-0.2, -0.15) is 0 Å². The van der Waals surface area contributed by atoms with Gasteiger partial charge >= 0.3 is 0 Å². The molecule has 3 fully saturated rings. The number of aliphatic imine (C=N–C) groups is 1. The Morgan fingerprint density at radius 3 is 2.68 bits per heavy atom. The van der Waals surface area contributed by atoms with Crippen LogP contribution in [0.5, 0.6) is 0 Å². The SMILES string of the molecule is CCNC(=NCC1CN2CCN1CC2)NCCc1ccc(Cl)nc1.I. The fourth-order valence-electron chi connectivity index (χ4n) is 3.32. The molecule has 0 aliphatic carbocycles. The van der Waals surface area contributed by atoms with Crippen molar-refractivity contribution in [1.29, 1.82) is 0 Å². The summed E-state index contributed by atoms with van der Waals surface area (Å²) < 4.78 is 0. The summed E-state index contributed by atoms with van der Waals surface area (Å²) in [6, 6.07) is 4.41. The highest BCUT2D eigenvalue weighted by Crippen LogP contribution is 2.15. The van der Waals surface area contributed by atoms with E-state index in [1.165, 1.54) is 31.7 Å². The largest absolute Gasteiger partial charge is 0.357 e. The van der Waals surface area contributed by atoms with Crippen molar-refractivity contribution in [2.75, 3.05) is 52.4 Å². The maximum absolute atomic E-state index is 5.82. The van der Waals surface area contributed by atoms with Crippen molar-refractivity contribution >= 4 is 41.5 Å². The van der Waals surface area contributed by atoms with Gasteiger partial charge in [-0.1, -0.05) is 17.7 Å². The molecule has 25 heavy (non-hydrogen) atoms. The summed E-state index contributed by atoms with van der Waals surface area (Å²) in [6.45, 7) is 10.6. The van der Waals surface area contributed by atoms with Crippen LogP contribution in [0.15, 0.2) is 23.3 Å². The molecule has 6 nitrogen and oxygen atoms in total. The molecule has 1 atom stereocenters. The molecule has 4 heterocycles. The predicted octanol–water partition coefficient (Wildman–Crippen LogP) is 1.45. The minimum atomic E-state index is 0. The Bertz CT molecular complexity index is 545. The molecule has 0 radical (unpaired) electrons. The van der Waals surface area contributed by atoms with Crippen molar-refractivity contribution < 1.29 is 0 Å². The third-order valence-electron chi connectivity index (χ3n) is 4.69. The lowest BCUT2D eigenvalue weighted by Crippen LogP contribution is -2.62. The smallest absolute Gasteiger partial charge is 0.191 e. The van der Waals surface area contributed by atoms with Crippen LogP contribution < -0.4 is 10.6 Å². The maximum atomic E-state index is 5.82. The Hall–Kier alpha value is -0.640. The quantitative estimate of drug-likeness (QED) is 0.281. The molecular formula is C17H28ClIN6. The molecule has 0 aromatic carbocycles. The van der Waals surface area contributed by atoms with Gasteiger partial charge in [0, 0.05) is 58.1 Å². The zero-order valence-electron chi connectivity index (χ0n) is 14.7. The third-order valence-corrected chi connectivity index (χ3v) is 4.91. The minimum Gasteiger partial charge on any atom is -0.357 e. The Kier molecular flexibility index (Phi) is 8.68. The van der Waals surface area contributed by atoms with Crippen LogP contribution in [0.4, 0.5) is 0 Å². The fourth-order valence-corrected chi connectivity index (χ4v) is 3.43. The first kappa shape index (κ1) is 20.7. The Balaban J connectivity index is 0.00000225. The van der Waals surface area contributed by atoms with Crippen LogP contribution >= 0.6 is 35.6 Å². The second-order valence-corrected chi connectivity index (χ2v) is 6.76. The first-order chi connectivity index (χ1) is 11.7. The van der Waals surface area contributed by atoms with E-state index in [0.29, 0.717) is 11.2 Å². The Morgan fingerprint density at radius 1 is 1.28 bits per heavy atom. The van der Waals surface area contributed by atoms with Crippen LogP contribution in [0.1, 0.15) is 12.5 Å². The summed E-state index contributed by atoms with van der Waals surface area (Å²) in [7, 11) is 0. The number of nitrogens with zero attached hydrogens (tertiary/aromatic N) is 4. The van der Waals surface area contributed by atoms with Gasteiger partial charge in [0.25, 0.3) is 0 Å². The molecule has 4 rings (SSSR count). The van der Waals surface area contributed by atoms with E-state index in [-0.39, 0.29) is 24.0 Å². The van der Waals surface area contributed by atoms with E-state index < -0.39 is 0 Å². The van der Waals surface area contributed by atoms with Crippen molar-refractivity contribution in [2.45, 2.75) is 19.4 Å². The summed E-state index contributed by atoms with van der Waals surface area (Å²) in [5.41, 5.74) is 1.17. The summed E-state index contributed by atoms with van der Waals surface area (Å²) in [5, 5.41) is 7.28. The van der Waals surface area contributed by atoms with Crippen molar-refractivity contribution in [3.8, 4) is 0 Å². The standard InChI is InChI=1S/C17H27ClN6.HI/c1-2-19-17(20-6-5-14-3-4-16(18)21-11-14)22-12-15-13-23-7-9-24(15)10-8-23;/h3-4,11,15H,2,5-10,12-13H2,1H3,(H2,19,20,22);1H. The molecule has 3 aliphatic rings. The van der Waals surface area contributed by atoms with E-state index >= 15 is 0 Å². The maximum Gasteiger partial charge on any atom is 0.191 e. The second-order valence-electron chi connectivity index (χ2n) is 6.38. The van der Waals surface area contributed by atoms with Crippen LogP contribution in [0.3, 0.4) is 0 Å². The highest BCUT2D eigenvalue weighted by atomic mass is 127.